The number of thiocarbonyl (C=S) groups is 1. The van der Waals surface area contributed by atoms with Crippen LogP contribution in [0.3, 0.4) is 0 Å². The summed E-state index contributed by atoms with van der Waals surface area (Å²) in [5.41, 5.74) is 6.60. The standard InChI is InChI=1S/C14H19FN2S/c1-2-11(7-9-3-4-9)17-13-6-5-10(14(16)18)8-12(13)15/h5-6,8-9,11,17H,2-4,7H2,1H3,(H2,16,18). The highest BCUT2D eigenvalue weighted by Gasteiger charge is 2.25. The van der Waals surface area contributed by atoms with E-state index in [0.29, 0.717) is 17.3 Å². The van der Waals surface area contributed by atoms with Gasteiger partial charge in [-0.1, -0.05) is 32.0 Å². The van der Waals surface area contributed by atoms with Crippen molar-refractivity contribution in [2.45, 2.75) is 38.6 Å². The van der Waals surface area contributed by atoms with E-state index in [4.69, 9.17) is 18.0 Å². The second-order valence-corrected chi connectivity index (χ2v) is 5.43. The quantitative estimate of drug-likeness (QED) is 0.774. The molecule has 3 N–H and O–H groups in total. The van der Waals surface area contributed by atoms with E-state index in [9.17, 15) is 4.39 Å². The Kier molecular flexibility index (Phi) is 4.17. The lowest BCUT2D eigenvalue weighted by molar-refractivity contribution is 0.575. The zero-order valence-electron chi connectivity index (χ0n) is 10.6. The van der Waals surface area contributed by atoms with Gasteiger partial charge in [0.1, 0.15) is 10.8 Å². The van der Waals surface area contributed by atoms with Crippen molar-refractivity contribution in [3.63, 3.8) is 0 Å². The van der Waals surface area contributed by atoms with Crippen LogP contribution >= 0.6 is 12.2 Å². The Bertz CT molecular complexity index is 443. The van der Waals surface area contributed by atoms with E-state index < -0.39 is 0 Å². The Balaban J connectivity index is 2.05. The van der Waals surface area contributed by atoms with E-state index in [1.807, 2.05) is 0 Å². The molecule has 2 rings (SSSR count). The summed E-state index contributed by atoms with van der Waals surface area (Å²) >= 11 is 4.83. The van der Waals surface area contributed by atoms with Crippen molar-refractivity contribution < 1.29 is 4.39 Å². The van der Waals surface area contributed by atoms with Gasteiger partial charge in [0, 0.05) is 11.6 Å². The van der Waals surface area contributed by atoms with Crippen LogP contribution in [-0.4, -0.2) is 11.0 Å². The average Bonchev–Trinajstić information content (AvgIpc) is 3.14. The SMILES string of the molecule is CCC(CC1CC1)Nc1ccc(C(N)=S)cc1F. The van der Waals surface area contributed by atoms with E-state index in [1.165, 1.54) is 18.9 Å². The summed E-state index contributed by atoms with van der Waals surface area (Å²) in [4.78, 5) is 0.227. The predicted molar refractivity (Wildman–Crippen MR) is 77.3 cm³/mol. The van der Waals surface area contributed by atoms with Crippen molar-refractivity contribution in [2.24, 2.45) is 11.7 Å². The summed E-state index contributed by atoms with van der Waals surface area (Å²) in [7, 11) is 0. The highest BCUT2D eigenvalue weighted by Crippen LogP contribution is 2.35. The molecule has 1 aromatic rings. The second kappa shape index (κ2) is 5.65. The van der Waals surface area contributed by atoms with Gasteiger partial charge in [0.25, 0.3) is 0 Å². The molecule has 0 spiro atoms. The number of benzene rings is 1. The van der Waals surface area contributed by atoms with Gasteiger partial charge in [-0.3, -0.25) is 0 Å². The number of hydrogen-bond donors (Lipinski definition) is 2. The van der Waals surface area contributed by atoms with Crippen molar-refractivity contribution in [1.82, 2.24) is 0 Å². The number of rotatable bonds is 6. The lowest BCUT2D eigenvalue weighted by Gasteiger charge is -2.18. The van der Waals surface area contributed by atoms with Gasteiger partial charge in [0.05, 0.1) is 5.69 Å². The van der Waals surface area contributed by atoms with Crippen molar-refractivity contribution in [1.29, 1.82) is 0 Å². The van der Waals surface area contributed by atoms with Gasteiger partial charge in [-0.05, 0) is 37.0 Å². The first-order valence-electron chi connectivity index (χ1n) is 6.46. The summed E-state index contributed by atoms with van der Waals surface area (Å²) < 4.78 is 13.9. The van der Waals surface area contributed by atoms with Gasteiger partial charge in [-0.25, -0.2) is 4.39 Å². The molecular weight excluding hydrogens is 247 g/mol. The number of anilines is 1. The Morgan fingerprint density at radius 1 is 1.56 bits per heavy atom. The fourth-order valence-electron chi connectivity index (χ4n) is 2.09. The molecule has 0 radical (unpaired) electrons. The van der Waals surface area contributed by atoms with Crippen LogP contribution in [0.1, 0.15) is 38.2 Å². The van der Waals surface area contributed by atoms with Crippen LogP contribution < -0.4 is 11.1 Å². The van der Waals surface area contributed by atoms with Crippen LogP contribution in [-0.2, 0) is 0 Å². The Labute approximate surface area is 113 Å². The molecule has 0 aliphatic heterocycles. The average molecular weight is 266 g/mol. The van der Waals surface area contributed by atoms with Crippen LogP contribution in [0.4, 0.5) is 10.1 Å². The normalized spacial score (nSPS) is 16.3. The summed E-state index contributed by atoms with van der Waals surface area (Å²) in [6.07, 6.45) is 4.78. The van der Waals surface area contributed by atoms with Crippen LogP contribution in [0.2, 0.25) is 0 Å². The first-order valence-corrected chi connectivity index (χ1v) is 6.87. The topological polar surface area (TPSA) is 38.0 Å². The maximum absolute atomic E-state index is 13.9. The van der Waals surface area contributed by atoms with E-state index in [0.717, 1.165) is 18.8 Å². The number of nitrogens with one attached hydrogen (secondary N) is 1. The molecule has 1 aromatic carbocycles. The minimum atomic E-state index is -0.283. The van der Waals surface area contributed by atoms with Gasteiger partial charge < -0.3 is 11.1 Å². The monoisotopic (exact) mass is 266 g/mol. The summed E-state index contributed by atoms with van der Waals surface area (Å²) in [6, 6.07) is 5.23. The second-order valence-electron chi connectivity index (χ2n) is 4.99. The summed E-state index contributed by atoms with van der Waals surface area (Å²) in [6.45, 7) is 2.13. The molecule has 0 saturated heterocycles. The molecule has 1 saturated carbocycles. The van der Waals surface area contributed by atoms with Gasteiger partial charge in [-0.15, -0.1) is 0 Å². The number of nitrogens with two attached hydrogens (primary N) is 1. The van der Waals surface area contributed by atoms with Gasteiger partial charge >= 0.3 is 0 Å². The van der Waals surface area contributed by atoms with E-state index >= 15 is 0 Å². The largest absolute Gasteiger partial charge is 0.389 e. The Hall–Kier alpha value is -1.16. The number of halogens is 1. The van der Waals surface area contributed by atoms with Crippen molar-refractivity contribution >= 4 is 22.9 Å². The molecular formula is C14H19FN2S. The molecule has 1 unspecified atom stereocenters. The van der Waals surface area contributed by atoms with Crippen LogP contribution in [0.5, 0.6) is 0 Å². The molecule has 0 aromatic heterocycles. The van der Waals surface area contributed by atoms with Crippen molar-refractivity contribution in [3.8, 4) is 0 Å². The van der Waals surface area contributed by atoms with E-state index in [1.54, 1.807) is 12.1 Å². The highest BCUT2D eigenvalue weighted by atomic mass is 32.1. The predicted octanol–water partition coefficient (Wildman–Crippen LogP) is 3.45. The third-order valence-electron chi connectivity index (χ3n) is 3.42. The molecule has 1 aliphatic rings. The molecule has 0 heterocycles. The van der Waals surface area contributed by atoms with Crippen molar-refractivity contribution in [2.75, 3.05) is 5.32 Å². The lowest BCUT2D eigenvalue weighted by Crippen LogP contribution is -2.20. The minimum absolute atomic E-state index is 0.227. The van der Waals surface area contributed by atoms with Gasteiger partial charge in [0.15, 0.2) is 0 Å². The lowest BCUT2D eigenvalue weighted by atomic mass is 10.1. The maximum atomic E-state index is 13.9. The van der Waals surface area contributed by atoms with Gasteiger partial charge in [0.2, 0.25) is 0 Å². The summed E-state index contributed by atoms with van der Waals surface area (Å²) in [5.74, 6) is 0.552. The molecule has 98 valence electrons. The summed E-state index contributed by atoms with van der Waals surface area (Å²) in [5, 5.41) is 3.28. The zero-order chi connectivity index (χ0) is 13.1. The minimum Gasteiger partial charge on any atom is -0.389 e. The fraction of sp³-hybridized carbons (Fsp3) is 0.500. The smallest absolute Gasteiger partial charge is 0.146 e. The zero-order valence-corrected chi connectivity index (χ0v) is 11.4. The third-order valence-corrected chi connectivity index (χ3v) is 3.66. The molecule has 4 heteroatoms. The Morgan fingerprint density at radius 2 is 2.28 bits per heavy atom. The Morgan fingerprint density at radius 3 is 2.78 bits per heavy atom. The van der Waals surface area contributed by atoms with Crippen LogP contribution in [0, 0.1) is 11.7 Å². The molecule has 18 heavy (non-hydrogen) atoms. The van der Waals surface area contributed by atoms with E-state index in [2.05, 4.69) is 12.2 Å². The van der Waals surface area contributed by atoms with Crippen molar-refractivity contribution in [3.05, 3.63) is 29.6 Å². The highest BCUT2D eigenvalue weighted by molar-refractivity contribution is 7.80. The van der Waals surface area contributed by atoms with Crippen LogP contribution in [0.15, 0.2) is 18.2 Å². The van der Waals surface area contributed by atoms with Gasteiger partial charge in [-0.2, -0.15) is 0 Å². The van der Waals surface area contributed by atoms with E-state index in [-0.39, 0.29) is 10.8 Å². The molecule has 0 amide bonds. The fourth-order valence-corrected chi connectivity index (χ4v) is 2.22. The first-order chi connectivity index (χ1) is 8.60. The van der Waals surface area contributed by atoms with Crippen LogP contribution in [0.25, 0.3) is 0 Å². The maximum Gasteiger partial charge on any atom is 0.146 e. The number of hydrogen-bond acceptors (Lipinski definition) is 2. The first kappa shape index (κ1) is 13.3. The molecule has 1 aliphatic carbocycles. The molecule has 0 bridgehead atoms. The molecule has 1 fully saturated rings. The molecule has 1 atom stereocenters. The third kappa shape index (κ3) is 3.42. The molecule has 2 nitrogen and oxygen atoms in total.